The Morgan fingerprint density at radius 2 is 1.87 bits per heavy atom. The summed E-state index contributed by atoms with van der Waals surface area (Å²) in [6.45, 7) is 6.29. The summed E-state index contributed by atoms with van der Waals surface area (Å²) in [6, 6.07) is 8.06. The van der Waals surface area contributed by atoms with Crippen LogP contribution < -0.4 is 5.32 Å². The maximum absolute atomic E-state index is 14.2. The number of nitrogens with one attached hydrogen (secondary N) is 1. The normalized spacial score (nSPS) is 11.0. The van der Waals surface area contributed by atoms with Crippen LogP contribution in [0.15, 0.2) is 35.3 Å². The summed E-state index contributed by atoms with van der Waals surface area (Å²) in [4.78, 5) is 5.99. The Kier molecular flexibility index (Phi) is 5.32. The van der Waals surface area contributed by atoms with Gasteiger partial charge in [0.2, 0.25) is 0 Å². The molecule has 0 fully saturated rings. The first kappa shape index (κ1) is 16.9. The van der Waals surface area contributed by atoms with E-state index in [4.69, 9.17) is 0 Å². The van der Waals surface area contributed by atoms with Gasteiger partial charge in [-0.15, -0.1) is 0 Å². The molecule has 0 unspecified atom stereocenters. The first-order valence-electron chi connectivity index (χ1n) is 7.49. The molecule has 2 rings (SSSR count). The molecule has 1 N–H and O–H groups in total. The highest BCUT2D eigenvalue weighted by Crippen LogP contribution is 2.29. The molecule has 0 spiro atoms. The number of anilines is 2. The van der Waals surface area contributed by atoms with E-state index in [2.05, 4.69) is 10.3 Å². The second-order valence-corrected chi connectivity index (χ2v) is 5.50. The lowest BCUT2D eigenvalue weighted by molar-refractivity contribution is 0.551. The van der Waals surface area contributed by atoms with Gasteiger partial charge in [0.25, 0.3) is 0 Å². The minimum atomic E-state index is -0.452. The van der Waals surface area contributed by atoms with Gasteiger partial charge in [0.05, 0.1) is 12.0 Å². The van der Waals surface area contributed by atoms with Gasteiger partial charge < -0.3 is 10.2 Å². The van der Waals surface area contributed by atoms with E-state index in [1.165, 1.54) is 6.07 Å². The van der Waals surface area contributed by atoms with Gasteiger partial charge in [0, 0.05) is 19.3 Å². The molecule has 0 bridgehead atoms. The summed E-state index contributed by atoms with van der Waals surface area (Å²) in [6.07, 6.45) is 1.59. The zero-order chi connectivity index (χ0) is 17.0. The van der Waals surface area contributed by atoms with Gasteiger partial charge >= 0.3 is 0 Å². The van der Waals surface area contributed by atoms with Crippen molar-refractivity contribution in [2.75, 3.05) is 18.9 Å². The van der Waals surface area contributed by atoms with Crippen molar-refractivity contribution in [1.29, 1.82) is 0 Å². The average Bonchev–Trinajstić information content (AvgIpc) is 2.53. The summed E-state index contributed by atoms with van der Waals surface area (Å²) in [5.74, 6) is -0.786. The summed E-state index contributed by atoms with van der Waals surface area (Å²) in [5, 5.41) is 2.95. The van der Waals surface area contributed by atoms with Crippen LogP contribution in [-0.2, 0) is 0 Å². The highest BCUT2D eigenvalue weighted by Gasteiger charge is 2.10. The predicted octanol–water partition coefficient (Wildman–Crippen LogP) is 4.94. The zero-order valence-corrected chi connectivity index (χ0v) is 13.8. The molecule has 0 aliphatic carbocycles. The number of halogens is 2. The Bertz CT molecular complexity index is 726. The maximum Gasteiger partial charge on any atom is 0.150 e. The largest absolute Gasteiger partial charge is 0.366 e. The number of aryl methyl sites for hydroxylation is 2. The van der Waals surface area contributed by atoms with Crippen LogP contribution in [0, 0.1) is 25.5 Å². The molecule has 0 radical (unpaired) electrons. The van der Waals surface area contributed by atoms with Gasteiger partial charge in [-0.25, -0.2) is 13.8 Å². The quantitative estimate of drug-likeness (QED) is 0.625. The van der Waals surface area contributed by atoms with E-state index in [1.807, 2.05) is 25.8 Å². The molecule has 0 amide bonds. The van der Waals surface area contributed by atoms with Gasteiger partial charge in [0.1, 0.15) is 11.5 Å². The fourth-order valence-corrected chi connectivity index (χ4v) is 2.03. The second kappa shape index (κ2) is 7.22. The summed E-state index contributed by atoms with van der Waals surface area (Å²) in [7, 11) is 1.87. The van der Waals surface area contributed by atoms with Crippen LogP contribution in [-0.4, -0.2) is 24.8 Å². The van der Waals surface area contributed by atoms with E-state index >= 15 is 0 Å². The van der Waals surface area contributed by atoms with Gasteiger partial charge in [0.15, 0.2) is 5.82 Å². The Morgan fingerprint density at radius 1 is 1.13 bits per heavy atom. The molecule has 2 aromatic carbocycles. The zero-order valence-electron chi connectivity index (χ0n) is 13.8. The standard InChI is InChI=1S/C18H21F2N3/c1-5-23(4)11-21-17-9-13(3)16(10-14(17)19)22-15-8-6-7-12(2)18(15)20/h6-11,22H,5H2,1-4H3. The molecule has 0 saturated heterocycles. The Hall–Kier alpha value is -2.43. The van der Waals surface area contributed by atoms with Gasteiger partial charge in [-0.05, 0) is 50.1 Å². The molecule has 0 aliphatic heterocycles. The van der Waals surface area contributed by atoms with E-state index in [-0.39, 0.29) is 11.5 Å². The molecule has 2 aromatic rings. The minimum Gasteiger partial charge on any atom is -0.366 e. The topological polar surface area (TPSA) is 27.6 Å². The first-order valence-corrected chi connectivity index (χ1v) is 7.49. The third-order valence-corrected chi connectivity index (χ3v) is 3.65. The van der Waals surface area contributed by atoms with E-state index in [0.717, 1.165) is 12.1 Å². The van der Waals surface area contributed by atoms with E-state index in [0.29, 0.717) is 16.9 Å². The molecule has 0 saturated carbocycles. The van der Waals surface area contributed by atoms with Crippen molar-refractivity contribution in [1.82, 2.24) is 4.90 Å². The number of hydrogen-bond acceptors (Lipinski definition) is 2. The average molecular weight is 317 g/mol. The smallest absolute Gasteiger partial charge is 0.150 e. The predicted molar refractivity (Wildman–Crippen MR) is 92.0 cm³/mol. The van der Waals surface area contributed by atoms with Crippen LogP contribution in [0.2, 0.25) is 0 Å². The first-order chi connectivity index (χ1) is 10.9. The third-order valence-electron chi connectivity index (χ3n) is 3.65. The lowest BCUT2D eigenvalue weighted by Crippen LogP contribution is -2.14. The third kappa shape index (κ3) is 4.06. The van der Waals surface area contributed by atoms with Crippen molar-refractivity contribution in [2.45, 2.75) is 20.8 Å². The van der Waals surface area contributed by atoms with Gasteiger partial charge in [-0.3, -0.25) is 0 Å². The molecule has 0 aromatic heterocycles. The highest BCUT2D eigenvalue weighted by molar-refractivity contribution is 5.69. The lowest BCUT2D eigenvalue weighted by atomic mass is 10.1. The van der Waals surface area contributed by atoms with Crippen LogP contribution in [0.25, 0.3) is 0 Å². The second-order valence-electron chi connectivity index (χ2n) is 5.50. The molecule has 5 heteroatoms. The summed E-state index contributed by atoms with van der Waals surface area (Å²) >= 11 is 0. The Labute approximate surface area is 135 Å². The fraction of sp³-hybridized carbons (Fsp3) is 0.278. The molecule has 0 aliphatic rings. The molecule has 3 nitrogen and oxygen atoms in total. The van der Waals surface area contributed by atoms with Crippen LogP contribution in [0.1, 0.15) is 18.1 Å². The lowest BCUT2D eigenvalue weighted by Gasteiger charge is -2.13. The molecule has 23 heavy (non-hydrogen) atoms. The van der Waals surface area contributed by atoms with Crippen molar-refractivity contribution in [3.63, 3.8) is 0 Å². The Morgan fingerprint density at radius 3 is 2.57 bits per heavy atom. The molecule has 122 valence electrons. The van der Waals surface area contributed by atoms with Crippen LogP contribution in [0.3, 0.4) is 0 Å². The number of aliphatic imine (C=N–C) groups is 1. The SMILES string of the molecule is CCN(C)C=Nc1cc(C)c(Nc2cccc(C)c2F)cc1F. The van der Waals surface area contributed by atoms with E-state index in [1.54, 1.807) is 37.5 Å². The number of hydrogen-bond donors (Lipinski definition) is 1. The van der Waals surface area contributed by atoms with E-state index in [9.17, 15) is 8.78 Å². The van der Waals surface area contributed by atoms with Crippen molar-refractivity contribution < 1.29 is 8.78 Å². The van der Waals surface area contributed by atoms with Gasteiger partial charge in [-0.2, -0.15) is 0 Å². The fourth-order valence-electron chi connectivity index (χ4n) is 2.03. The number of rotatable bonds is 5. The summed E-state index contributed by atoms with van der Waals surface area (Å²) in [5.41, 5.74) is 2.44. The molecular weight excluding hydrogens is 296 g/mol. The number of benzene rings is 2. The molecule has 0 heterocycles. The van der Waals surface area contributed by atoms with Crippen LogP contribution >= 0.6 is 0 Å². The Balaban J connectivity index is 2.30. The summed E-state index contributed by atoms with van der Waals surface area (Å²) < 4.78 is 28.3. The van der Waals surface area contributed by atoms with Crippen molar-refractivity contribution in [3.8, 4) is 0 Å². The maximum atomic E-state index is 14.2. The van der Waals surface area contributed by atoms with Crippen LogP contribution in [0.5, 0.6) is 0 Å². The monoisotopic (exact) mass is 317 g/mol. The molecule has 0 atom stereocenters. The number of nitrogens with zero attached hydrogens (tertiary/aromatic N) is 2. The van der Waals surface area contributed by atoms with Crippen LogP contribution in [0.4, 0.5) is 25.8 Å². The highest BCUT2D eigenvalue weighted by atomic mass is 19.1. The van der Waals surface area contributed by atoms with E-state index < -0.39 is 5.82 Å². The van der Waals surface area contributed by atoms with Crippen molar-refractivity contribution >= 4 is 23.4 Å². The molecular formula is C18H21F2N3. The van der Waals surface area contributed by atoms with Crippen molar-refractivity contribution in [3.05, 3.63) is 53.1 Å². The minimum absolute atomic E-state index is 0.262. The van der Waals surface area contributed by atoms with Crippen molar-refractivity contribution in [2.24, 2.45) is 4.99 Å². The van der Waals surface area contributed by atoms with Gasteiger partial charge in [-0.1, -0.05) is 12.1 Å².